The minimum absolute atomic E-state index is 0.444. The number of benzene rings is 2. The van der Waals surface area contributed by atoms with Gasteiger partial charge in [0.25, 0.3) is 0 Å². The van der Waals surface area contributed by atoms with Gasteiger partial charge in [0.15, 0.2) is 0 Å². The molecule has 1 saturated heterocycles. The van der Waals surface area contributed by atoms with Crippen LogP contribution in [-0.4, -0.2) is 39.7 Å². The van der Waals surface area contributed by atoms with Crippen molar-refractivity contribution in [3.05, 3.63) is 35.9 Å². The third-order valence-electron chi connectivity index (χ3n) is 3.87. The van der Waals surface area contributed by atoms with Gasteiger partial charge in [-0.3, -0.25) is 0 Å². The van der Waals surface area contributed by atoms with Crippen LogP contribution in [0.5, 0.6) is 5.75 Å². The second-order valence-corrected chi connectivity index (χ2v) is 5.17. The van der Waals surface area contributed by atoms with Gasteiger partial charge in [0.05, 0.1) is 20.3 Å². The van der Waals surface area contributed by atoms with E-state index in [1.165, 1.54) is 0 Å². The number of hydrogen-bond acceptors (Lipinski definition) is 4. The first-order chi connectivity index (χ1) is 10.3. The number of methoxy groups -OCH3 is 1. The lowest BCUT2D eigenvalue weighted by molar-refractivity contribution is -0.107. The Labute approximate surface area is 124 Å². The van der Waals surface area contributed by atoms with Crippen molar-refractivity contribution in [3.8, 4) is 5.75 Å². The Balaban J connectivity index is 2.13. The Hall–Kier alpha value is -2.07. The molecular weight excluding hydrogens is 266 g/mol. The zero-order chi connectivity index (χ0) is 14.7. The first-order valence-electron chi connectivity index (χ1n) is 7.19. The van der Waals surface area contributed by atoms with Crippen molar-refractivity contribution in [3.63, 3.8) is 0 Å². The van der Waals surface area contributed by atoms with Crippen molar-refractivity contribution in [1.29, 1.82) is 0 Å². The maximum Gasteiger partial charge on any atom is 0.124 e. The highest BCUT2D eigenvalue weighted by atomic mass is 16.5. The Bertz CT molecular complexity index is 648. The number of hydrogen-bond donors (Lipinski definition) is 0. The predicted molar refractivity (Wildman–Crippen MR) is 83.3 cm³/mol. The van der Waals surface area contributed by atoms with Gasteiger partial charge >= 0.3 is 0 Å². The minimum atomic E-state index is 0.444. The molecular formula is C17H19NO3. The van der Waals surface area contributed by atoms with Crippen molar-refractivity contribution >= 4 is 22.7 Å². The maximum absolute atomic E-state index is 10.8. The maximum atomic E-state index is 10.8. The van der Waals surface area contributed by atoms with Gasteiger partial charge in [-0.15, -0.1) is 0 Å². The van der Waals surface area contributed by atoms with E-state index in [1.54, 1.807) is 7.11 Å². The summed E-state index contributed by atoms with van der Waals surface area (Å²) in [6.45, 7) is 3.22. The number of nitrogens with zero attached hydrogens (tertiary/aromatic N) is 1. The van der Waals surface area contributed by atoms with Crippen LogP contribution in [0.3, 0.4) is 0 Å². The molecule has 3 rings (SSSR count). The van der Waals surface area contributed by atoms with Gasteiger partial charge in [0.2, 0.25) is 0 Å². The molecule has 4 nitrogen and oxygen atoms in total. The van der Waals surface area contributed by atoms with Crippen LogP contribution < -0.4 is 9.64 Å². The summed E-state index contributed by atoms with van der Waals surface area (Å²) in [6, 6.07) is 10.3. The Morgan fingerprint density at radius 3 is 2.76 bits per heavy atom. The van der Waals surface area contributed by atoms with Gasteiger partial charge in [0, 0.05) is 30.6 Å². The Morgan fingerprint density at radius 1 is 1.24 bits per heavy atom. The summed E-state index contributed by atoms with van der Waals surface area (Å²) < 4.78 is 10.8. The smallest absolute Gasteiger partial charge is 0.124 e. The van der Waals surface area contributed by atoms with Gasteiger partial charge in [0.1, 0.15) is 12.0 Å². The van der Waals surface area contributed by atoms with E-state index >= 15 is 0 Å². The molecule has 1 heterocycles. The summed E-state index contributed by atoms with van der Waals surface area (Å²) in [5.74, 6) is 0.847. The average molecular weight is 285 g/mol. The lowest BCUT2D eigenvalue weighted by Gasteiger charge is -2.30. The van der Waals surface area contributed by atoms with E-state index in [0.717, 1.165) is 60.4 Å². The first-order valence-corrected chi connectivity index (χ1v) is 7.19. The average Bonchev–Trinajstić information content (AvgIpc) is 2.55. The number of rotatable bonds is 4. The second-order valence-electron chi connectivity index (χ2n) is 5.17. The SMILES string of the molecule is COc1ccc2cc(CC=O)cc(N3CCOCC3)c2c1. The number of anilines is 1. The lowest BCUT2D eigenvalue weighted by Crippen LogP contribution is -2.36. The molecule has 0 aromatic heterocycles. The molecule has 21 heavy (non-hydrogen) atoms. The molecule has 1 aliphatic rings. The summed E-state index contributed by atoms with van der Waals surface area (Å²) in [7, 11) is 1.68. The highest BCUT2D eigenvalue weighted by Crippen LogP contribution is 2.32. The molecule has 110 valence electrons. The molecule has 4 heteroatoms. The van der Waals surface area contributed by atoms with Gasteiger partial charge in [-0.2, -0.15) is 0 Å². The fourth-order valence-corrected chi connectivity index (χ4v) is 2.78. The van der Waals surface area contributed by atoms with Crippen LogP contribution in [0.4, 0.5) is 5.69 Å². The Morgan fingerprint density at radius 2 is 2.05 bits per heavy atom. The fourth-order valence-electron chi connectivity index (χ4n) is 2.78. The number of fused-ring (bicyclic) bond motifs is 1. The van der Waals surface area contributed by atoms with Crippen LogP contribution in [0.15, 0.2) is 30.3 Å². The third kappa shape index (κ3) is 2.85. The van der Waals surface area contributed by atoms with E-state index in [9.17, 15) is 4.79 Å². The lowest BCUT2D eigenvalue weighted by atomic mass is 10.0. The second kappa shape index (κ2) is 6.14. The van der Waals surface area contributed by atoms with Crippen LogP contribution >= 0.6 is 0 Å². The summed E-state index contributed by atoms with van der Waals surface area (Å²) in [6.07, 6.45) is 1.40. The van der Waals surface area contributed by atoms with Crippen LogP contribution in [0.2, 0.25) is 0 Å². The van der Waals surface area contributed by atoms with Crippen LogP contribution in [0.1, 0.15) is 5.56 Å². The minimum Gasteiger partial charge on any atom is -0.497 e. The van der Waals surface area contributed by atoms with Crippen molar-refractivity contribution in [1.82, 2.24) is 0 Å². The van der Waals surface area contributed by atoms with Gasteiger partial charge in [-0.1, -0.05) is 12.1 Å². The van der Waals surface area contributed by atoms with E-state index in [-0.39, 0.29) is 0 Å². The third-order valence-corrected chi connectivity index (χ3v) is 3.87. The number of carbonyl (C=O) groups excluding carboxylic acids is 1. The van der Waals surface area contributed by atoms with Crippen LogP contribution in [0.25, 0.3) is 10.8 Å². The van der Waals surface area contributed by atoms with Crippen molar-refractivity contribution < 1.29 is 14.3 Å². The monoisotopic (exact) mass is 285 g/mol. The summed E-state index contributed by atoms with van der Waals surface area (Å²) in [5.41, 5.74) is 2.20. The van der Waals surface area contributed by atoms with E-state index in [2.05, 4.69) is 23.1 Å². The molecule has 0 spiro atoms. The molecule has 0 unspecified atom stereocenters. The van der Waals surface area contributed by atoms with Crippen molar-refractivity contribution in [2.75, 3.05) is 38.3 Å². The molecule has 0 N–H and O–H groups in total. The zero-order valence-electron chi connectivity index (χ0n) is 12.2. The van der Waals surface area contributed by atoms with E-state index < -0.39 is 0 Å². The number of morpholine rings is 1. The predicted octanol–water partition coefficient (Wildman–Crippen LogP) is 2.43. The van der Waals surface area contributed by atoms with E-state index in [1.807, 2.05) is 12.1 Å². The molecule has 2 aromatic carbocycles. The van der Waals surface area contributed by atoms with E-state index in [4.69, 9.17) is 9.47 Å². The largest absolute Gasteiger partial charge is 0.497 e. The zero-order valence-corrected chi connectivity index (χ0v) is 12.2. The van der Waals surface area contributed by atoms with Gasteiger partial charge in [-0.05, 0) is 29.1 Å². The van der Waals surface area contributed by atoms with Crippen molar-refractivity contribution in [2.45, 2.75) is 6.42 Å². The molecule has 0 aliphatic carbocycles. The van der Waals surface area contributed by atoms with Crippen LogP contribution in [-0.2, 0) is 16.0 Å². The summed E-state index contributed by atoms with van der Waals surface area (Å²) >= 11 is 0. The summed E-state index contributed by atoms with van der Waals surface area (Å²) in [5, 5.41) is 2.29. The molecule has 0 saturated carbocycles. The molecule has 0 amide bonds. The first kappa shape index (κ1) is 13.9. The molecule has 0 radical (unpaired) electrons. The number of aldehydes is 1. The standard InChI is InChI=1S/C17H19NO3/c1-20-15-3-2-14-10-13(4-7-19)11-17(16(14)12-15)18-5-8-21-9-6-18/h2-3,7,10-12H,4-6,8-9H2,1H3. The quantitative estimate of drug-likeness (QED) is 0.809. The highest BCUT2D eigenvalue weighted by molar-refractivity contribution is 5.96. The molecule has 1 fully saturated rings. The number of ether oxygens (including phenoxy) is 2. The number of carbonyl (C=O) groups is 1. The van der Waals surface area contributed by atoms with E-state index in [0.29, 0.717) is 6.42 Å². The molecule has 2 aromatic rings. The van der Waals surface area contributed by atoms with Gasteiger partial charge in [-0.25, -0.2) is 0 Å². The molecule has 0 bridgehead atoms. The fraction of sp³-hybridized carbons (Fsp3) is 0.353. The summed E-state index contributed by atoms with van der Waals surface area (Å²) in [4.78, 5) is 13.2. The topological polar surface area (TPSA) is 38.8 Å². The normalized spacial score (nSPS) is 15.2. The molecule has 1 aliphatic heterocycles. The molecule has 0 atom stereocenters. The van der Waals surface area contributed by atoms with Gasteiger partial charge < -0.3 is 19.2 Å². The Kier molecular flexibility index (Phi) is 4.06. The highest BCUT2D eigenvalue weighted by Gasteiger charge is 2.15. The van der Waals surface area contributed by atoms with Crippen LogP contribution in [0, 0.1) is 0 Å². The van der Waals surface area contributed by atoms with Crippen molar-refractivity contribution in [2.24, 2.45) is 0 Å².